The first-order valence-corrected chi connectivity index (χ1v) is 10.9. The van der Waals surface area contributed by atoms with Crippen LogP contribution in [0, 0.1) is 6.92 Å². The van der Waals surface area contributed by atoms with Crippen molar-refractivity contribution in [3.05, 3.63) is 69.3 Å². The molecule has 0 saturated heterocycles. The summed E-state index contributed by atoms with van der Waals surface area (Å²) in [6, 6.07) is 8.44. The molecule has 4 rings (SSSR count). The van der Waals surface area contributed by atoms with Gasteiger partial charge in [0.25, 0.3) is 11.8 Å². The molecule has 0 aliphatic heterocycles. The largest absolute Gasteiger partial charge is 0.348 e. The lowest BCUT2D eigenvalue weighted by Crippen LogP contribution is -2.33. The zero-order chi connectivity index (χ0) is 23.0. The summed E-state index contributed by atoms with van der Waals surface area (Å²) < 4.78 is 3.28. The molecular formula is C21H19BrClN7O2. The summed E-state index contributed by atoms with van der Waals surface area (Å²) in [7, 11) is 0. The molecule has 11 heteroatoms. The van der Waals surface area contributed by atoms with Crippen LogP contribution in [-0.4, -0.2) is 42.2 Å². The summed E-state index contributed by atoms with van der Waals surface area (Å²) in [6.07, 6.45) is 3.16. The number of aryl methyl sites for hydroxylation is 1. The van der Waals surface area contributed by atoms with Gasteiger partial charge in [-0.3, -0.25) is 9.59 Å². The van der Waals surface area contributed by atoms with Crippen molar-refractivity contribution in [1.82, 2.24) is 29.7 Å². The number of carbonyl (C=O) groups excluding carboxylic acids is 2. The Morgan fingerprint density at radius 2 is 1.94 bits per heavy atom. The zero-order valence-electron chi connectivity index (χ0n) is 17.4. The predicted molar refractivity (Wildman–Crippen MR) is 125 cm³/mol. The smallest absolute Gasteiger partial charge is 0.274 e. The first-order valence-electron chi connectivity index (χ1n) is 9.72. The minimum absolute atomic E-state index is 0.0964. The van der Waals surface area contributed by atoms with Crippen LogP contribution in [0.4, 0.5) is 5.69 Å². The van der Waals surface area contributed by atoms with Gasteiger partial charge in [-0.15, -0.1) is 0 Å². The maximum atomic E-state index is 13.3. The monoisotopic (exact) mass is 515 g/mol. The van der Waals surface area contributed by atoms with E-state index in [1.807, 2.05) is 26.8 Å². The molecule has 0 bridgehead atoms. The first-order chi connectivity index (χ1) is 15.3. The lowest BCUT2D eigenvalue weighted by molar-refractivity contribution is 0.0936. The van der Waals surface area contributed by atoms with Gasteiger partial charge in [0.05, 0.1) is 22.4 Å². The summed E-state index contributed by atoms with van der Waals surface area (Å²) in [6.45, 7) is 5.54. The summed E-state index contributed by atoms with van der Waals surface area (Å²) in [5, 5.41) is 14.6. The number of rotatable bonds is 5. The van der Waals surface area contributed by atoms with E-state index in [0.29, 0.717) is 26.7 Å². The van der Waals surface area contributed by atoms with Gasteiger partial charge >= 0.3 is 0 Å². The maximum absolute atomic E-state index is 13.3. The Morgan fingerprint density at radius 3 is 2.66 bits per heavy atom. The second-order valence-corrected chi connectivity index (χ2v) is 8.59. The molecule has 2 N–H and O–H groups in total. The van der Waals surface area contributed by atoms with Crippen molar-refractivity contribution in [2.75, 3.05) is 5.32 Å². The standard InChI is InChI=1S/C21H19BrClN7O2/c1-11(2)26-21(32)18-17(12(3)9-13-6-8-25-29(13)18)27-20(31)15-10-16(22)28-30(15)19-14(23)5-4-7-24-19/h4-11H,1-3H3,(H,26,32)(H,27,31). The lowest BCUT2D eigenvalue weighted by atomic mass is 10.1. The molecule has 2 amide bonds. The maximum Gasteiger partial charge on any atom is 0.274 e. The van der Waals surface area contributed by atoms with Gasteiger partial charge in [-0.05, 0) is 66.5 Å². The number of halogens is 2. The fraction of sp³-hybridized carbons (Fsp3) is 0.190. The van der Waals surface area contributed by atoms with Crippen LogP contribution >= 0.6 is 27.5 Å². The minimum Gasteiger partial charge on any atom is -0.348 e. The first kappa shape index (κ1) is 22.0. The number of fused-ring (bicyclic) bond motifs is 1. The predicted octanol–water partition coefficient (Wildman–Crippen LogP) is 4.03. The third-order valence-corrected chi connectivity index (χ3v) is 5.29. The van der Waals surface area contributed by atoms with Crippen LogP contribution in [0.15, 0.2) is 47.3 Å². The van der Waals surface area contributed by atoms with E-state index in [0.717, 1.165) is 5.52 Å². The van der Waals surface area contributed by atoms with E-state index in [1.54, 1.807) is 36.7 Å². The number of nitrogens with one attached hydrogen (secondary N) is 2. The minimum atomic E-state index is -0.488. The number of carbonyl (C=O) groups is 2. The Bertz CT molecular complexity index is 1350. The normalized spacial score (nSPS) is 11.2. The summed E-state index contributed by atoms with van der Waals surface area (Å²) >= 11 is 9.57. The van der Waals surface area contributed by atoms with Crippen LogP contribution in [0.2, 0.25) is 5.02 Å². The highest BCUT2D eigenvalue weighted by atomic mass is 79.9. The molecule has 32 heavy (non-hydrogen) atoms. The zero-order valence-corrected chi connectivity index (χ0v) is 19.8. The molecule has 4 heterocycles. The van der Waals surface area contributed by atoms with Crippen molar-refractivity contribution >= 4 is 50.5 Å². The van der Waals surface area contributed by atoms with E-state index in [-0.39, 0.29) is 23.3 Å². The average Bonchev–Trinajstić information content (AvgIpc) is 3.34. The topological polar surface area (TPSA) is 106 Å². The molecule has 0 aromatic carbocycles. The van der Waals surface area contributed by atoms with Crippen molar-refractivity contribution < 1.29 is 9.59 Å². The van der Waals surface area contributed by atoms with Crippen molar-refractivity contribution in [1.29, 1.82) is 0 Å². The van der Waals surface area contributed by atoms with Gasteiger partial charge in [0.15, 0.2) is 11.5 Å². The van der Waals surface area contributed by atoms with Gasteiger partial charge in [-0.2, -0.15) is 10.2 Å². The van der Waals surface area contributed by atoms with Gasteiger partial charge in [0.1, 0.15) is 10.3 Å². The SMILES string of the molecule is Cc1cc2ccnn2c(C(=O)NC(C)C)c1NC(=O)c1cc(Br)nn1-c1ncccc1Cl. The van der Waals surface area contributed by atoms with Crippen molar-refractivity contribution in [2.24, 2.45) is 0 Å². The highest BCUT2D eigenvalue weighted by Crippen LogP contribution is 2.26. The van der Waals surface area contributed by atoms with Crippen molar-refractivity contribution in [2.45, 2.75) is 26.8 Å². The molecule has 9 nitrogen and oxygen atoms in total. The van der Waals surface area contributed by atoms with Crippen molar-refractivity contribution in [3.8, 4) is 5.82 Å². The number of aromatic nitrogens is 5. The number of amides is 2. The van der Waals surface area contributed by atoms with E-state index in [4.69, 9.17) is 11.6 Å². The van der Waals surface area contributed by atoms with Crippen LogP contribution in [0.3, 0.4) is 0 Å². The Balaban J connectivity index is 1.80. The van der Waals surface area contributed by atoms with Gasteiger partial charge < -0.3 is 10.6 Å². The molecule has 0 spiro atoms. The fourth-order valence-corrected chi connectivity index (χ4v) is 3.86. The third-order valence-electron chi connectivity index (χ3n) is 4.60. The summed E-state index contributed by atoms with van der Waals surface area (Å²) in [5.41, 5.74) is 2.21. The Kier molecular flexibility index (Phi) is 5.98. The van der Waals surface area contributed by atoms with E-state index in [1.165, 1.54) is 9.20 Å². The van der Waals surface area contributed by atoms with Crippen molar-refractivity contribution in [3.63, 3.8) is 0 Å². The number of hydrogen-bond acceptors (Lipinski definition) is 5. The molecule has 0 atom stereocenters. The van der Waals surface area contributed by atoms with Gasteiger partial charge in [0, 0.05) is 18.3 Å². The fourth-order valence-electron chi connectivity index (χ4n) is 3.28. The third kappa shape index (κ3) is 4.11. The Labute approximate surface area is 196 Å². The molecule has 0 radical (unpaired) electrons. The van der Waals surface area contributed by atoms with Crippen LogP contribution in [0.5, 0.6) is 0 Å². The average molecular weight is 517 g/mol. The number of anilines is 1. The quantitative estimate of drug-likeness (QED) is 0.417. The van der Waals surface area contributed by atoms with Gasteiger partial charge in [-0.25, -0.2) is 14.2 Å². The Hall–Kier alpha value is -3.24. The van der Waals surface area contributed by atoms with Crippen LogP contribution in [-0.2, 0) is 0 Å². The molecule has 0 aliphatic rings. The van der Waals surface area contributed by atoms with Crippen LogP contribution in [0.25, 0.3) is 11.3 Å². The number of nitrogens with zero attached hydrogens (tertiary/aromatic N) is 5. The molecule has 0 fully saturated rings. The molecule has 4 aromatic rings. The number of pyridine rings is 2. The highest BCUT2D eigenvalue weighted by molar-refractivity contribution is 9.10. The number of hydrogen-bond donors (Lipinski definition) is 2. The summed E-state index contributed by atoms with van der Waals surface area (Å²) in [5.74, 6) is -0.532. The molecule has 0 saturated carbocycles. The van der Waals surface area contributed by atoms with E-state index >= 15 is 0 Å². The molecule has 4 aromatic heterocycles. The van der Waals surface area contributed by atoms with Crippen LogP contribution < -0.4 is 10.6 Å². The Morgan fingerprint density at radius 1 is 1.16 bits per heavy atom. The van der Waals surface area contributed by atoms with E-state index in [9.17, 15) is 9.59 Å². The molecule has 0 unspecified atom stereocenters. The highest BCUT2D eigenvalue weighted by Gasteiger charge is 2.24. The second kappa shape index (κ2) is 8.71. The molecule has 0 aliphatic carbocycles. The molecule has 164 valence electrons. The second-order valence-electron chi connectivity index (χ2n) is 7.37. The summed E-state index contributed by atoms with van der Waals surface area (Å²) in [4.78, 5) is 30.6. The molecular weight excluding hydrogens is 498 g/mol. The van der Waals surface area contributed by atoms with E-state index < -0.39 is 5.91 Å². The van der Waals surface area contributed by atoms with Gasteiger partial charge in [-0.1, -0.05) is 11.6 Å². The van der Waals surface area contributed by atoms with Gasteiger partial charge in [0.2, 0.25) is 0 Å². The lowest BCUT2D eigenvalue weighted by Gasteiger charge is -2.17. The van der Waals surface area contributed by atoms with E-state index in [2.05, 4.69) is 41.7 Å². The van der Waals surface area contributed by atoms with Crippen LogP contribution in [0.1, 0.15) is 40.4 Å².